The van der Waals surface area contributed by atoms with E-state index in [1.165, 1.54) is 24.3 Å². The molecule has 5 aliphatic rings. The number of esters is 4. The summed E-state index contributed by atoms with van der Waals surface area (Å²) in [6, 6.07) is 73.0. The van der Waals surface area contributed by atoms with Gasteiger partial charge in [0.2, 0.25) is 46.3 Å². The Hall–Kier alpha value is -16.0. The van der Waals surface area contributed by atoms with Crippen molar-refractivity contribution in [1.29, 1.82) is 0 Å². The molecule has 24 nitrogen and oxygen atoms in total. The fourth-order valence-corrected chi connectivity index (χ4v) is 17.6. The third-order valence-electron chi connectivity index (χ3n) is 24.7. The number of ether oxygens (including phenoxy) is 8. The standard InChI is InChI=1S/C112H98N4O20/c117-93-65-97(77-25-9-13-29-81(77)105(93)121)129-57-17-1-5-21-61-133-109(125)73-41-33-69(34-42-73)101-85-49-51-87(113-85)102(70-35-43-74(44-36-70)110(126)134-62-22-6-2-18-58-130-98-66-94(118)106(122)82-30-14-10-26-78(82)98)89-53-55-91(115-89)104(72-39-47-76(48-40-72)112(128)136-64-24-8-4-20-60-132-100-68-96(120)108(124)84-32-16-12-28-80(84)100)92-56-54-90(116-92)103(88-52-50-86(101)114-88)71-37-45-75(46-38-71)111(127)135-63-23-7-3-19-59-131-99-67-95(119)107(123)83-31-15-11-27-79(83)99/h9-16,25-56,65-68,101-102,113-116H,1-8,17-24,57-64H2. The highest BCUT2D eigenvalue weighted by molar-refractivity contribution is 6.52. The van der Waals surface area contributed by atoms with E-state index in [4.69, 9.17) is 37.9 Å². The second-order valence-electron chi connectivity index (χ2n) is 33.9. The summed E-state index contributed by atoms with van der Waals surface area (Å²) < 4.78 is 47.3. The van der Waals surface area contributed by atoms with Gasteiger partial charge in [-0.15, -0.1) is 0 Å². The second-order valence-corrected chi connectivity index (χ2v) is 33.9. The van der Waals surface area contributed by atoms with Crippen LogP contribution in [0.4, 0.5) is 0 Å². The van der Waals surface area contributed by atoms with Gasteiger partial charge in [-0.25, -0.2) is 19.2 Å². The van der Waals surface area contributed by atoms with Crippen molar-refractivity contribution >= 4 is 104 Å². The Morgan fingerprint density at radius 2 is 0.463 bits per heavy atom. The molecule has 0 spiro atoms. The fourth-order valence-electron chi connectivity index (χ4n) is 17.6. The van der Waals surface area contributed by atoms with Gasteiger partial charge in [0.25, 0.3) is 0 Å². The van der Waals surface area contributed by atoms with Gasteiger partial charge in [0.15, 0.2) is 0 Å². The SMILES string of the molecule is O=C1C=C(OCCCCCCOC(=O)c2ccc(C3=c4ccc([nH]4)=C(c4ccc(C(=O)OCCCCCCOC5=CC(=O)C(=O)c6ccccc65)cc4)c4ccc([nH]4)C(c4ccc(C(=O)OCCCCCCOC5=CC(=O)C(=O)c6ccccc65)cc4)c4ccc([nH]4)C(c4ccc(C(=O)OCCCCCCOC5=CC(=O)C(=O)c6ccccc65)cc4)c4ccc3[nH]4)cc2)c2ccccc2C1=O. The summed E-state index contributed by atoms with van der Waals surface area (Å²) in [5, 5.41) is 1.40. The minimum atomic E-state index is -0.617. The first-order chi connectivity index (χ1) is 66.5. The van der Waals surface area contributed by atoms with Crippen molar-refractivity contribution in [3.63, 3.8) is 0 Å². The lowest BCUT2D eigenvalue weighted by Crippen LogP contribution is -2.19. The molecule has 136 heavy (non-hydrogen) atoms. The summed E-state index contributed by atoms with van der Waals surface area (Å²) in [4.78, 5) is 171. The van der Waals surface area contributed by atoms with Crippen molar-refractivity contribution < 1.29 is 95.4 Å². The van der Waals surface area contributed by atoms with Crippen LogP contribution in [0.15, 0.2) is 267 Å². The molecule has 686 valence electrons. The second kappa shape index (κ2) is 43.1. The first-order valence-corrected chi connectivity index (χ1v) is 46.2. The van der Waals surface area contributed by atoms with Crippen molar-refractivity contribution in [3.05, 3.63) is 401 Å². The minimum absolute atomic E-state index is 0.181. The molecule has 8 bridgehead atoms. The van der Waals surface area contributed by atoms with E-state index < -0.39 is 82.0 Å². The molecule has 24 heteroatoms. The van der Waals surface area contributed by atoms with Crippen LogP contribution in [0.3, 0.4) is 0 Å². The van der Waals surface area contributed by atoms with E-state index in [-0.39, 0.29) is 26.4 Å². The van der Waals surface area contributed by atoms with Gasteiger partial charge < -0.3 is 57.8 Å². The van der Waals surface area contributed by atoms with Gasteiger partial charge in [-0.05, 0) is 222 Å². The Morgan fingerprint density at radius 1 is 0.228 bits per heavy atom. The number of unbranched alkanes of at least 4 members (excludes halogenated alkanes) is 12. The molecule has 17 rings (SSSR count). The van der Waals surface area contributed by atoms with Crippen LogP contribution in [0.1, 0.15) is 276 Å². The summed E-state index contributed by atoms with van der Waals surface area (Å²) in [5.74, 6) is -6.18. The smallest absolute Gasteiger partial charge is 0.338 e. The summed E-state index contributed by atoms with van der Waals surface area (Å²) in [6.07, 6.45) is 16.2. The average Bonchev–Trinajstić information content (AvgIpc) is 1.60. The molecule has 1 aliphatic heterocycles. The molecule has 0 saturated carbocycles. The van der Waals surface area contributed by atoms with E-state index in [0.717, 1.165) is 108 Å². The van der Waals surface area contributed by atoms with Gasteiger partial charge in [-0.3, -0.25) is 38.4 Å². The fraction of sp³-hybridized carbons (Fsp3) is 0.232. The molecular formula is C112H98N4O20. The number of Topliss-reactive ketones (excluding diaryl/α,β-unsaturated/α-hetero) is 4. The van der Waals surface area contributed by atoms with E-state index in [2.05, 4.69) is 19.9 Å². The van der Waals surface area contributed by atoms with Crippen molar-refractivity contribution in [3.8, 4) is 0 Å². The van der Waals surface area contributed by atoms with Gasteiger partial charge in [0.1, 0.15) is 23.0 Å². The lowest BCUT2D eigenvalue weighted by atomic mass is 9.92. The Kier molecular flexibility index (Phi) is 29.2. The molecule has 4 aromatic heterocycles. The Morgan fingerprint density at radius 3 is 0.735 bits per heavy atom. The number of allylic oxidation sites excluding steroid dienone is 4. The highest BCUT2D eigenvalue weighted by Gasteiger charge is 2.33. The predicted molar refractivity (Wildman–Crippen MR) is 507 cm³/mol. The minimum Gasteiger partial charge on any atom is -0.493 e. The zero-order chi connectivity index (χ0) is 94.0. The molecule has 0 amide bonds. The van der Waals surface area contributed by atoms with Crippen molar-refractivity contribution in [2.24, 2.45) is 0 Å². The molecule has 8 aromatic carbocycles. The zero-order valence-electron chi connectivity index (χ0n) is 74.7. The van der Waals surface area contributed by atoms with E-state index in [0.29, 0.717) is 190 Å². The summed E-state index contributed by atoms with van der Waals surface area (Å²) >= 11 is 0. The van der Waals surface area contributed by atoms with E-state index in [9.17, 15) is 57.5 Å². The molecule has 12 aromatic rings. The first kappa shape index (κ1) is 91.9. The Balaban J connectivity index is 0.626. The number of aromatic amines is 4. The molecule has 4 N–H and O–H groups in total. The molecule has 0 saturated heterocycles. The largest absolute Gasteiger partial charge is 0.493 e. The maximum atomic E-state index is 13.9. The number of hydrogen-bond donors (Lipinski definition) is 4. The Bertz CT molecular complexity index is 6480. The molecule has 5 heterocycles. The number of ketones is 8. The van der Waals surface area contributed by atoms with Gasteiger partial charge in [-0.1, -0.05) is 146 Å². The van der Waals surface area contributed by atoms with Crippen molar-refractivity contribution in [1.82, 2.24) is 19.9 Å². The van der Waals surface area contributed by atoms with Crippen LogP contribution in [0, 0.1) is 0 Å². The van der Waals surface area contributed by atoms with Crippen molar-refractivity contribution in [2.45, 2.75) is 115 Å². The van der Waals surface area contributed by atoms with Crippen LogP contribution in [0.2, 0.25) is 0 Å². The lowest BCUT2D eigenvalue weighted by molar-refractivity contribution is -0.111. The molecular weight excluding hydrogens is 1720 g/mol. The van der Waals surface area contributed by atoms with Crippen molar-refractivity contribution in [2.75, 3.05) is 52.9 Å². The number of rotatable bonds is 40. The van der Waals surface area contributed by atoms with Gasteiger partial charge in [0, 0.05) is 125 Å². The van der Waals surface area contributed by atoms with Gasteiger partial charge in [0.05, 0.1) is 86.9 Å². The summed E-state index contributed by atoms with van der Waals surface area (Å²) in [6.45, 7) is 2.08. The van der Waals surface area contributed by atoms with Crippen LogP contribution in [-0.4, -0.2) is 143 Å². The van der Waals surface area contributed by atoms with Gasteiger partial charge >= 0.3 is 23.9 Å². The third kappa shape index (κ3) is 21.2. The Labute approximate surface area is 783 Å². The van der Waals surface area contributed by atoms with E-state index >= 15 is 0 Å². The summed E-state index contributed by atoms with van der Waals surface area (Å²) in [7, 11) is 0. The van der Waals surface area contributed by atoms with E-state index in [1.807, 2.05) is 97.1 Å². The summed E-state index contributed by atoms with van der Waals surface area (Å²) in [5.41, 5.74) is 14.3. The maximum Gasteiger partial charge on any atom is 0.338 e. The number of fused-ring (bicyclic) bond motifs is 12. The number of benzene rings is 8. The normalized spacial score (nSPS) is 14.8. The maximum absolute atomic E-state index is 13.9. The molecule has 2 atom stereocenters. The highest BCUT2D eigenvalue weighted by Crippen LogP contribution is 2.40. The molecule has 4 aliphatic carbocycles. The van der Waals surface area contributed by atoms with Crippen LogP contribution in [-0.2, 0) is 57.1 Å². The lowest BCUT2D eigenvalue weighted by Gasteiger charge is -2.19. The number of hydrogen-bond acceptors (Lipinski definition) is 20. The number of aromatic nitrogens is 4. The van der Waals surface area contributed by atoms with Crippen LogP contribution < -0.4 is 10.7 Å². The highest BCUT2D eigenvalue weighted by atomic mass is 16.5. The number of carbonyl (C=O) groups excluding carboxylic acids is 12. The van der Waals surface area contributed by atoms with Crippen LogP contribution in [0.25, 0.3) is 34.2 Å². The van der Waals surface area contributed by atoms with E-state index in [1.54, 1.807) is 146 Å². The van der Waals surface area contributed by atoms with Crippen LogP contribution in [0.5, 0.6) is 0 Å². The molecule has 0 radical (unpaired) electrons. The monoisotopic (exact) mass is 1820 g/mol. The quantitative estimate of drug-likeness (QED) is 0.0120. The predicted octanol–water partition coefficient (Wildman–Crippen LogP) is 18.3. The topological polar surface area (TPSA) is 342 Å². The molecule has 2 unspecified atom stereocenters. The number of H-pyrrole nitrogens is 4. The molecule has 0 fully saturated rings. The number of carbonyl (C=O) groups is 12. The number of nitrogens with one attached hydrogen (secondary N) is 4. The first-order valence-electron chi connectivity index (χ1n) is 46.2. The third-order valence-corrected chi connectivity index (χ3v) is 24.7. The van der Waals surface area contributed by atoms with Gasteiger partial charge in [-0.2, -0.15) is 0 Å². The average molecular weight is 1820 g/mol. The van der Waals surface area contributed by atoms with Crippen LogP contribution >= 0.6 is 0 Å². The zero-order valence-corrected chi connectivity index (χ0v) is 74.7.